The molecule has 2 heterocycles. The topological polar surface area (TPSA) is 72.2 Å². The molecule has 0 unspecified atom stereocenters. The number of nitrogens with zero attached hydrogens (tertiary/aromatic N) is 1. The zero-order valence-corrected chi connectivity index (χ0v) is 11.6. The Morgan fingerprint density at radius 2 is 2.16 bits per heavy atom. The van der Waals surface area contributed by atoms with Crippen LogP contribution in [0.2, 0.25) is 0 Å². The van der Waals surface area contributed by atoms with Crippen molar-refractivity contribution in [3.8, 4) is 11.5 Å². The van der Waals surface area contributed by atoms with E-state index in [0.717, 1.165) is 5.56 Å². The predicted octanol–water partition coefficient (Wildman–Crippen LogP) is 2.17. The van der Waals surface area contributed by atoms with E-state index in [-0.39, 0.29) is 6.54 Å². The third-order valence-electron chi connectivity index (χ3n) is 2.70. The predicted molar refractivity (Wildman–Crippen MR) is 72.8 cm³/mol. The van der Waals surface area contributed by atoms with Crippen molar-refractivity contribution in [2.75, 3.05) is 0 Å². The molecule has 0 aliphatic heterocycles. The highest BCUT2D eigenvalue weighted by molar-refractivity contribution is 7.90. The van der Waals surface area contributed by atoms with E-state index in [4.69, 9.17) is 4.42 Å². The largest absolute Gasteiger partial charge is 0.463 e. The SMILES string of the molecule is CC(C)S(=O)(=O)NCc1ccnc(-c2ccco2)c1. The number of rotatable bonds is 5. The van der Waals surface area contributed by atoms with E-state index >= 15 is 0 Å². The maximum Gasteiger partial charge on any atom is 0.214 e. The van der Waals surface area contributed by atoms with Crippen molar-refractivity contribution in [1.29, 1.82) is 0 Å². The normalized spacial score (nSPS) is 11.9. The summed E-state index contributed by atoms with van der Waals surface area (Å²) in [4.78, 5) is 4.19. The summed E-state index contributed by atoms with van der Waals surface area (Å²) in [5.74, 6) is 0.661. The molecule has 102 valence electrons. The highest BCUT2D eigenvalue weighted by atomic mass is 32.2. The van der Waals surface area contributed by atoms with Crippen molar-refractivity contribution in [3.05, 3.63) is 42.3 Å². The Morgan fingerprint density at radius 3 is 2.79 bits per heavy atom. The van der Waals surface area contributed by atoms with Crippen LogP contribution in [0.4, 0.5) is 0 Å². The smallest absolute Gasteiger partial charge is 0.214 e. The highest BCUT2D eigenvalue weighted by Crippen LogP contribution is 2.18. The molecule has 0 saturated carbocycles. The van der Waals surface area contributed by atoms with E-state index in [1.807, 2.05) is 12.1 Å². The molecule has 0 aliphatic rings. The molecule has 5 nitrogen and oxygen atoms in total. The summed E-state index contributed by atoms with van der Waals surface area (Å²) in [6, 6.07) is 7.17. The minimum Gasteiger partial charge on any atom is -0.463 e. The van der Waals surface area contributed by atoms with Crippen molar-refractivity contribution >= 4 is 10.0 Å². The quantitative estimate of drug-likeness (QED) is 0.911. The van der Waals surface area contributed by atoms with Crippen LogP contribution in [0.15, 0.2) is 41.1 Å². The van der Waals surface area contributed by atoms with Gasteiger partial charge >= 0.3 is 0 Å². The highest BCUT2D eigenvalue weighted by Gasteiger charge is 2.15. The summed E-state index contributed by atoms with van der Waals surface area (Å²) < 4.78 is 31.2. The van der Waals surface area contributed by atoms with Gasteiger partial charge in [-0.25, -0.2) is 13.1 Å². The van der Waals surface area contributed by atoms with E-state index < -0.39 is 15.3 Å². The van der Waals surface area contributed by atoms with Crippen LogP contribution in [0.3, 0.4) is 0 Å². The number of pyridine rings is 1. The zero-order chi connectivity index (χ0) is 13.9. The van der Waals surface area contributed by atoms with Gasteiger partial charge < -0.3 is 4.42 Å². The number of nitrogens with one attached hydrogen (secondary N) is 1. The van der Waals surface area contributed by atoms with E-state index in [1.54, 1.807) is 38.4 Å². The standard InChI is InChI=1S/C13H16N2O3S/c1-10(2)19(16,17)15-9-11-5-6-14-12(8-11)13-4-3-7-18-13/h3-8,10,15H,9H2,1-2H3. The average molecular weight is 280 g/mol. The number of hydrogen-bond acceptors (Lipinski definition) is 4. The van der Waals surface area contributed by atoms with Crippen molar-refractivity contribution in [2.24, 2.45) is 0 Å². The molecule has 0 aliphatic carbocycles. The lowest BCUT2D eigenvalue weighted by Gasteiger charge is -2.09. The van der Waals surface area contributed by atoms with Gasteiger partial charge in [0.25, 0.3) is 0 Å². The second-order valence-corrected chi connectivity index (χ2v) is 6.76. The molecule has 0 radical (unpaired) electrons. The Kier molecular flexibility index (Phi) is 4.01. The minimum absolute atomic E-state index is 0.247. The molecule has 0 amide bonds. The molecule has 19 heavy (non-hydrogen) atoms. The van der Waals surface area contributed by atoms with E-state index in [1.165, 1.54) is 0 Å². The summed E-state index contributed by atoms with van der Waals surface area (Å²) >= 11 is 0. The second-order valence-electron chi connectivity index (χ2n) is 4.44. The summed E-state index contributed by atoms with van der Waals surface area (Å²) in [5.41, 5.74) is 1.52. The Morgan fingerprint density at radius 1 is 1.37 bits per heavy atom. The monoisotopic (exact) mass is 280 g/mol. The second kappa shape index (κ2) is 5.54. The lowest BCUT2D eigenvalue weighted by Crippen LogP contribution is -2.30. The first-order valence-electron chi connectivity index (χ1n) is 5.96. The maximum atomic E-state index is 11.7. The van der Waals surface area contributed by atoms with E-state index in [9.17, 15) is 8.42 Å². The van der Waals surface area contributed by atoms with Gasteiger partial charge in [-0.15, -0.1) is 0 Å². The molecule has 1 N–H and O–H groups in total. The fraction of sp³-hybridized carbons (Fsp3) is 0.308. The van der Waals surface area contributed by atoms with Crippen LogP contribution >= 0.6 is 0 Å². The molecule has 0 bridgehead atoms. The fourth-order valence-electron chi connectivity index (χ4n) is 1.49. The van der Waals surface area contributed by atoms with Crippen molar-refractivity contribution in [1.82, 2.24) is 9.71 Å². The summed E-state index contributed by atoms with van der Waals surface area (Å²) in [5, 5.41) is -0.445. The Labute approximate surface area is 112 Å². The summed E-state index contributed by atoms with van der Waals surface area (Å²) in [6.07, 6.45) is 3.21. The first-order chi connectivity index (χ1) is 8.99. The van der Waals surface area contributed by atoms with Crippen LogP contribution < -0.4 is 4.72 Å². The molecular weight excluding hydrogens is 264 g/mol. The molecule has 0 aromatic carbocycles. The molecule has 2 aromatic rings. The maximum absolute atomic E-state index is 11.7. The Bertz CT molecular complexity index is 634. The van der Waals surface area contributed by atoms with Gasteiger partial charge in [-0.3, -0.25) is 4.98 Å². The summed E-state index contributed by atoms with van der Waals surface area (Å²) in [7, 11) is -3.26. The van der Waals surface area contributed by atoms with Crippen molar-refractivity contribution in [2.45, 2.75) is 25.6 Å². The number of sulfonamides is 1. The lowest BCUT2D eigenvalue weighted by molar-refractivity contribution is 0.572. The van der Waals surface area contributed by atoms with Crippen LogP contribution in [0.25, 0.3) is 11.5 Å². The van der Waals surface area contributed by atoms with Crippen LogP contribution in [0.1, 0.15) is 19.4 Å². The van der Waals surface area contributed by atoms with Gasteiger partial charge in [0.05, 0.1) is 11.5 Å². The van der Waals surface area contributed by atoms with E-state index in [2.05, 4.69) is 9.71 Å². The minimum atomic E-state index is -3.26. The molecule has 2 rings (SSSR count). The van der Waals surface area contributed by atoms with Gasteiger partial charge in [0.2, 0.25) is 10.0 Å². The van der Waals surface area contributed by atoms with Gasteiger partial charge in [-0.2, -0.15) is 0 Å². The van der Waals surface area contributed by atoms with Crippen LogP contribution in [-0.4, -0.2) is 18.7 Å². The number of aromatic nitrogens is 1. The van der Waals surface area contributed by atoms with Gasteiger partial charge in [-0.05, 0) is 43.7 Å². The van der Waals surface area contributed by atoms with Crippen LogP contribution in [0, 0.1) is 0 Å². The third kappa shape index (κ3) is 3.42. The molecule has 6 heteroatoms. The van der Waals surface area contributed by atoms with Gasteiger partial charge in [-0.1, -0.05) is 0 Å². The molecule has 0 fully saturated rings. The molecular formula is C13H16N2O3S. The van der Waals surface area contributed by atoms with Crippen LogP contribution in [0.5, 0.6) is 0 Å². The third-order valence-corrected chi connectivity index (χ3v) is 4.48. The Hall–Kier alpha value is -1.66. The average Bonchev–Trinajstić information content (AvgIpc) is 2.90. The zero-order valence-electron chi connectivity index (χ0n) is 10.8. The number of furan rings is 1. The van der Waals surface area contributed by atoms with Gasteiger partial charge in [0.1, 0.15) is 5.69 Å². The molecule has 2 aromatic heterocycles. The molecule has 0 atom stereocenters. The van der Waals surface area contributed by atoms with Crippen molar-refractivity contribution < 1.29 is 12.8 Å². The first-order valence-corrected chi connectivity index (χ1v) is 7.51. The summed E-state index contributed by atoms with van der Waals surface area (Å²) in [6.45, 7) is 3.53. The first kappa shape index (κ1) is 13.8. The molecule has 0 spiro atoms. The van der Waals surface area contributed by atoms with Gasteiger partial charge in [0.15, 0.2) is 5.76 Å². The van der Waals surface area contributed by atoms with Crippen molar-refractivity contribution in [3.63, 3.8) is 0 Å². The fourth-order valence-corrected chi connectivity index (χ4v) is 2.20. The number of hydrogen-bond donors (Lipinski definition) is 1. The van der Waals surface area contributed by atoms with Crippen LogP contribution in [-0.2, 0) is 16.6 Å². The van der Waals surface area contributed by atoms with E-state index in [0.29, 0.717) is 11.5 Å². The van der Waals surface area contributed by atoms with Gasteiger partial charge in [0, 0.05) is 12.7 Å². The Balaban J connectivity index is 2.13. The lowest BCUT2D eigenvalue weighted by atomic mass is 10.2. The molecule has 0 saturated heterocycles.